The number of allylic oxidation sites excluding steroid dienone is 1. The van der Waals surface area contributed by atoms with E-state index in [0.717, 1.165) is 24.5 Å². The molecule has 1 aliphatic rings. The van der Waals surface area contributed by atoms with Gasteiger partial charge in [-0.05, 0) is 44.6 Å². The predicted octanol–water partition coefficient (Wildman–Crippen LogP) is 2.67. The summed E-state index contributed by atoms with van der Waals surface area (Å²) in [6, 6.07) is 0. The van der Waals surface area contributed by atoms with E-state index in [-0.39, 0.29) is 0 Å². The fourth-order valence-corrected chi connectivity index (χ4v) is 2.06. The fourth-order valence-electron chi connectivity index (χ4n) is 2.06. The SMILES string of the molecule is Cc1nnc(/C=C/C2CCC(F)CC2)n1C. The average Bonchev–Trinajstić information content (AvgIpc) is 2.60. The third-order valence-corrected chi connectivity index (χ3v) is 3.35. The molecule has 0 N–H and O–H groups in total. The number of nitrogens with zero attached hydrogens (tertiary/aromatic N) is 3. The van der Waals surface area contributed by atoms with Gasteiger partial charge in [-0.1, -0.05) is 6.08 Å². The molecule has 1 aromatic heterocycles. The zero-order valence-electron chi connectivity index (χ0n) is 9.86. The van der Waals surface area contributed by atoms with E-state index in [4.69, 9.17) is 0 Å². The molecule has 2 rings (SSSR count). The number of hydrogen-bond acceptors (Lipinski definition) is 2. The third-order valence-electron chi connectivity index (χ3n) is 3.35. The van der Waals surface area contributed by atoms with Crippen LogP contribution in [0.25, 0.3) is 6.08 Å². The van der Waals surface area contributed by atoms with Crippen molar-refractivity contribution in [2.24, 2.45) is 13.0 Å². The van der Waals surface area contributed by atoms with Gasteiger partial charge < -0.3 is 4.57 Å². The van der Waals surface area contributed by atoms with Gasteiger partial charge in [-0.25, -0.2) is 4.39 Å². The lowest BCUT2D eigenvalue weighted by atomic mass is 9.88. The van der Waals surface area contributed by atoms with Crippen molar-refractivity contribution >= 4 is 6.08 Å². The van der Waals surface area contributed by atoms with Crippen molar-refractivity contribution in [3.05, 3.63) is 17.7 Å². The maximum absolute atomic E-state index is 12.9. The standard InChI is InChI=1S/C12H18FN3/c1-9-14-15-12(16(9)2)8-5-10-3-6-11(13)7-4-10/h5,8,10-11H,3-4,6-7H2,1-2H3/b8-5+. The van der Waals surface area contributed by atoms with Gasteiger partial charge in [0.15, 0.2) is 5.82 Å². The van der Waals surface area contributed by atoms with Crippen LogP contribution in [0.15, 0.2) is 6.08 Å². The molecule has 0 spiro atoms. The quantitative estimate of drug-likeness (QED) is 0.771. The molecule has 1 aromatic rings. The van der Waals surface area contributed by atoms with Crippen LogP contribution in [-0.4, -0.2) is 20.9 Å². The summed E-state index contributed by atoms with van der Waals surface area (Å²) in [6.45, 7) is 1.93. The Hall–Kier alpha value is -1.19. The lowest BCUT2D eigenvalue weighted by Gasteiger charge is -2.21. The number of hydrogen-bond donors (Lipinski definition) is 0. The van der Waals surface area contributed by atoms with Gasteiger partial charge in [-0.2, -0.15) is 0 Å². The molecule has 0 atom stereocenters. The monoisotopic (exact) mass is 223 g/mol. The molecule has 0 aliphatic heterocycles. The smallest absolute Gasteiger partial charge is 0.156 e. The normalized spacial score (nSPS) is 26.4. The van der Waals surface area contributed by atoms with Gasteiger partial charge in [-0.3, -0.25) is 0 Å². The van der Waals surface area contributed by atoms with Crippen LogP contribution < -0.4 is 0 Å². The van der Waals surface area contributed by atoms with Crippen LogP contribution in [0.3, 0.4) is 0 Å². The molecule has 0 unspecified atom stereocenters. The molecule has 0 aromatic carbocycles. The molecule has 0 radical (unpaired) electrons. The van der Waals surface area contributed by atoms with Gasteiger partial charge in [0, 0.05) is 7.05 Å². The molecule has 4 heteroatoms. The van der Waals surface area contributed by atoms with Crippen LogP contribution in [-0.2, 0) is 7.05 Å². The summed E-state index contributed by atoms with van der Waals surface area (Å²) in [5, 5.41) is 8.06. The minimum Gasteiger partial charge on any atom is -0.315 e. The Bertz CT molecular complexity index is 376. The highest BCUT2D eigenvalue weighted by atomic mass is 19.1. The van der Waals surface area contributed by atoms with E-state index < -0.39 is 6.17 Å². The topological polar surface area (TPSA) is 30.7 Å². The zero-order valence-corrected chi connectivity index (χ0v) is 9.86. The Morgan fingerprint density at radius 1 is 1.25 bits per heavy atom. The Labute approximate surface area is 95.4 Å². The van der Waals surface area contributed by atoms with Crippen LogP contribution in [0, 0.1) is 12.8 Å². The summed E-state index contributed by atoms with van der Waals surface area (Å²) in [6.07, 6.45) is 6.88. The van der Waals surface area contributed by atoms with Gasteiger partial charge in [0.25, 0.3) is 0 Å². The van der Waals surface area contributed by atoms with E-state index in [1.54, 1.807) is 0 Å². The van der Waals surface area contributed by atoms with E-state index in [2.05, 4.69) is 16.3 Å². The van der Waals surface area contributed by atoms with Crippen molar-refractivity contribution in [3.8, 4) is 0 Å². The molecule has 1 fully saturated rings. The second-order valence-electron chi connectivity index (χ2n) is 4.54. The number of halogens is 1. The van der Waals surface area contributed by atoms with E-state index >= 15 is 0 Å². The molecular formula is C12H18FN3. The average molecular weight is 223 g/mol. The maximum Gasteiger partial charge on any atom is 0.156 e. The van der Waals surface area contributed by atoms with Crippen LogP contribution in [0.5, 0.6) is 0 Å². The largest absolute Gasteiger partial charge is 0.315 e. The predicted molar refractivity (Wildman–Crippen MR) is 61.6 cm³/mol. The van der Waals surface area contributed by atoms with Gasteiger partial charge in [0.1, 0.15) is 12.0 Å². The molecule has 16 heavy (non-hydrogen) atoms. The van der Waals surface area contributed by atoms with Gasteiger partial charge >= 0.3 is 0 Å². The lowest BCUT2D eigenvalue weighted by Crippen LogP contribution is -2.13. The van der Waals surface area contributed by atoms with Crippen molar-refractivity contribution in [1.29, 1.82) is 0 Å². The summed E-state index contributed by atoms with van der Waals surface area (Å²) in [5.41, 5.74) is 0. The van der Waals surface area contributed by atoms with E-state index in [0.29, 0.717) is 18.8 Å². The van der Waals surface area contributed by atoms with Gasteiger partial charge in [0.05, 0.1) is 0 Å². The van der Waals surface area contributed by atoms with E-state index in [9.17, 15) is 4.39 Å². The molecule has 0 bridgehead atoms. The molecule has 1 aliphatic carbocycles. The first-order chi connectivity index (χ1) is 7.66. The maximum atomic E-state index is 12.9. The fraction of sp³-hybridized carbons (Fsp3) is 0.667. The van der Waals surface area contributed by atoms with Crippen LogP contribution >= 0.6 is 0 Å². The minimum absolute atomic E-state index is 0.504. The van der Waals surface area contributed by atoms with E-state index in [1.165, 1.54) is 0 Å². The molecule has 3 nitrogen and oxygen atoms in total. The summed E-state index contributed by atoms with van der Waals surface area (Å²) in [5.74, 6) is 2.29. The van der Waals surface area contributed by atoms with Crippen LogP contribution in [0.2, 0.25) is 0 Å². The Balaban J connectivity index is 1.96. The zero-order chi connectivity index (χ0) is 11.5. The summed E-state index contributed by atoms with van der Waals surface area (Å²) >= 11 is 0. The van der Waals surface area contributed by atoms with Crippen molar-refractivity contribution in [1.82, 2.24) is 14.8 Å². The molecule has 1 heterocycles. The van der Waals surface area contributed by atoms with Crippen molar-refractivity contribution in [3.63, 3.8) is 0 Å². The van der Waals surface area contributed by atoms with Gasteiger partial charge in [0.2, 0.25) is 0 Å². The highest BCUT2D eigenvalue weighted by molar-refractivity contribution is 5.40. The summed E-state index contributed by atoms with van der Waals surface area (Å²) < 4.78 is 14.9. The number of rotatable bonds is 2. The molecule has 1 saturated carbocycles. The van der Waals surface area contributed by atoms with Crippen LogP contribution in [0.1, 0.15) is 37.3 Å². The molecule has 0 saturated heterocycles. The molecule has 0 amide bonds. The second kappa shape index (κ2) is 4.76. The lowest BCUT2D eigenvalue weighted by molar-refractivity contribution is 0.227. The number of aryl methyl sites for hydroxylation is 1. The van der Waals surface area contributed by atoms with Crippen molar-refractivity contribution in [2.75, 3.05) is 0 Å². The highest BCUT2D eigenvalue weighted by Gasteiger charge is 2.18. The number of alkyl halides is 1. The molecule has 88 valence electrons. The Morgan fingerprint density at radius 3 is 2.50 bits per heavy atom. The van der Waals surface area contributed by atoms with Crippen LogP contribution in [0.4, 0.5) is 4.39 Å². The Kier molecular flexibility index (Phi) is 3.36. The third kappa shape index (κ3) is 2.49. The highest BCUT2D eigenvalue weighted by Crippen LogP contribution is 2.27. The van der Waals surface area contributed by atoms with Gasteiger partial charge in [-0.15, -0.1) is 10.2 Å². The van der Waals surface area contributed by atoms with Crippen molar-refractivity contribution in [2.45, 2.75) is 38.8 Å². The minimum atomic E-state index is -0.582. The summed E-state index contributed by atoms with van der Waals surface area (Å²) in [4.78, 5) is 0. The first-order valence-electron chi connectivity index (χ1n) is 5.85. The summed E-state index contributed by atoms with van der Waals surface area (Å²) in [7, 11) is 1.95. The van der Waals surface area contributed by atoms with Crippen molar-refractivity contribution < 1.29 is 4.39 Å². The van der Waals surface area contributed by atoms with E-state index in [1.807, 2.05) is 24.6 Å². The first-order valence-corrected chi connectivity index (χ1v) is 5.85. The number of aromatic nitrogens is 3. The molecular weight excluding hydrogens is 205 g/mol. The first kappa shape index (κ1) is 11.3. The second-order valence-corrected chi connectivity index (χ2v) is 4.54. The Morgan fingerprint density at radius 2 is 1.94 bits per heavy atom.